The van der Waals surface area contributed by atoms with Crippen molar-refractivity contribution in [3.05, 3.63) is 48.8 Å². The van der Waals surface area contributed by atoms with Gasteiger partial charge in [0.15, 0.2) is 0 Å². The minimum absolute atomic E-state index is 0.643. The van der Waals surface area contributed by atoms with Crippen LogP contribution < -0.4 is 15.2 Å². The maximum absolute atomic E-state index is 5.92. The van der Waals surface area contributed by atoms with E-state index in [1.54, 1.807) is 25.1 Å². The lowest BCUT2D eigenvalue weighted by Crippen LogP contribution is -1.97. The molecule has 2 heterocycles. The fourth-order valence-corrected chi connectivity index (χ4v) is 2.96. The lowest BCUT2D eigenvalue weighted by atomic mass is 10.0. The number of nitrogen functional groups attached to an aromatic ring is 1. The molecule has 4 rings (SSSR count). The third-order valence-corrected chi connectivity index (χ3v) is 4.29. The van der Waals surface area contributed by atoms with Gasteiger partial charge in [0.05, 0.1) is 37.1 Å². The van der Waals surface area contributed by atoms with Crippen molar-refractivity contribution in [1.29, 1.82) is 0 Å². The average Bonchev–Trinajstić information content (AvgIpc) is 3.12. The predicted octanol–water partition coefficient (Wildman–Crippen LogP) is 3.30. The average molecular weight is 361 g/mol. The quantitative estimate of drug-likeness (QED) is 0.561. The van der Waals surface area contributed by atoms with Gasteiger partial charge in [0, 0.05) is 36.1 Å². The van der Waals surface area contributed by atoms with E-state index in [2.05, 4.69) is 5.10 Å². The lowest BCUT2D eigenvalue weighted by Gasteiger charge is -2.12. The van der Waals surface area contributed by atoms with Crippen molar-refractivity contribution < 1.29 is 9.47 Å². The van der Waals surface area contributed by atoms with Crippen LogP contribution in [0.25, 0.3) is 33.5 Å². The third-order valence-electron chi connectivity index (χ3n) is 4.29. The molecular weight excluding hydrogens is 342 g/mol. The Kier molecular flexibility index (Phi) is 4.12. The number of nitrogens with two attached hydrogens (primary N) is 1. The molecule has 0 fully saturated rings. The van der Waals surface area contributed by atoms with Gasteiger partial charge in [-0.2, -0.15) is 5.10 Å². The number of fused-ring (bicyclic) bond motifs is 1. The van der Waals surface area contributed by atoms with Gasteiger partial charge in [-0.1, -0.05) is 0 Å². The van der Waals surface area contributed by atoms with Gasteiger partial charge in [0.25, 0.3) is 0 Å². The van der Waals surface area contributed by atoms with Gasteiger partial charge >= 0.3 is 0 Å². The van der Waals surface area contributed by atoms with E-state index in [1.807, 2.05) is 49.6 Å². The molecule has 0 saturated heterocycles. The van der Waals surface area contributed by atoms with Crippen LogP contribution in [0.2, 0.25) is 0 Å². The number of benzene rings is 2. The third kappa shape index (κ3) is 3.15. The number of anilines is 1. The topological polar surface area (TPSA) is 88.1 Å². The number of hydrogen-bond acceptors (Lipinski definition) is 6. The number of methoxy groups -OCH3 is 2. The standard InChI is InChI=1S/C20H19N5O2/c1-25-11-13(10-22-25)20-19(12-6-15(26-2)9-16(7-12)27-3)23-17-5-4-14(21)8-18(17)24-20/h4-11H,21H2,1-3H3. The number of rotatable bonds is 4. The summed E-state index contributed by atoms with van der Waals surface area (Å²) < 4.78 is 12.6. The number of aromatic nitrogens is 4. The minimum Gasteiger partial charge on any atom is -0.497 e. The molecule has 136 valence electrons. The number of ether oxygens (including phenoxy) is 2. The Labute approximate surface area is 156 Å². The maximum Gasteiger partial charge on any atom is 0.123 e. The Morgan fingerprint density at radius 3 is 2.15 bits per heavy atom. The monoisotopic (exact) mass is 361 g/mol. The van der Waals surface area contributed by atoms with Crippen LogP contribution in [0, 0.1) is 0 Å². The Balaban J connectivity index is 2.02. The van der Waals surface area contributed by atoms with Crippen LogP contribution in [0.3, 0.4) is 0 Å². The second-order valence-corrected chi connectivity index (χ2v) is 6.17. The van der Waals surface area contributed by atoms with Crippen molar-refractivity contribution in [2.75, 3.05) is 20.0 Å². The summed E-state index contributed by atoms with van der Waals surface area (Å²) >= 11 is 0. The smallest absolute Gasteiger partial charge is 0.123 e. The Morgan fingerprint density at radius 1 is 0.852 bits per heavy atom. The van der Waals surface area contributed by atoms with Crippen LogP contribution in [-0.4, -0.2) is 34.0 Å². The number of nitrogens with zero attached hydrogens (tertiary/aromatic N) is 4. The Bertz CT molecular complexity index is 1110. The summed E-state index contributed by atoms with van der Waals surface area (Å²) in [6, 6.07) is 11.1. The van der Waals surface area contributed by atoms with E-state index in [0.717, 1.165) is 33.5 Å². The minimum atomic E-state index is 0.643. The van der Waals surface area contributed by atoms with E-state index in [-0.39, 0.29) is 0 Å². The molecule has 27 heavy (non-hydrogen) atoms. The van der Waals surface area contributed by atoms with E-state index < -0.39 is 0 Å². The SMILES string of the molecule is COc1cc(OC)cc(-c2nc3ccc(N)cc3nc2-c2cnn(C)c2)c1. The molecule has 2 N–H and O–H groups in total. The molecule has 0 bridgehead atoms. The lowest BCUT2D eigenvalue weighted by molar-refractivity contribution is 0.394. The summed E-state index contributed by atoms with van der Waals surface area (Å²) in [5.74, 6) is 1.36. The molecule has 0 atom stereocenters. The molecule has 0 aliphatic carbocycles. The Hall–Kier alpha value is -3.61. The van der Waals surface area contributed by atoms with Crippen molar-refractivity contribution in [2.24, 2.45) is 7.05 Å². The van der Waals surface area contributed by atoms with Gasteiger partial charge in [-0.05, 0) is 30.3 Å². The zero-order valence-electron chi connectivity index (χ0n) is 15.3. The largest absolute Gasteiger partial charge is 0.497 e. The fraction of sp³-hybridized carbons (Fsp3) is 0.150. The van der Waals surface area contributed by atoms with E-state index >= 15 is 0 Å². The molecule has 7 nitrogen and oxygen atoms in total. The van der Waals surface area contributed by atoms with Crippen LogP contribution in [0.5, 0.6) is 11.5 Å². The van der Waals surface area contributed by atoms with Crippen molar-refractivity contribution in [3.8, 4) is 34.0 Å². The highest BCUT2D eigenvalue weighted by atomic mass is 16.5. The second-order valence-electron chi connectivity index (χ2n) is 6.17. The molecule has 0 aliphatic rings. The van der Waals surface area contributed by atoms with Crippen molar-refractivity contribution in [2.45, 2.75) is 0 Å². The molecular formula is C20H19N5O2. The van der Waals surface area contributed by atoms with Crippen LogP contribution in [-0.2, 0) is 7.05 Å². The highest BCUT2D eigenvalue weighted by Gasteiger charge is 2.16. The first-order chi connectivity index (χ1) is 13.1. The van der Waals surface area contributed by atoms with Gasteiger partial charge in [-0.3, -0.25) is 4.68 Å². The molecule has 0 amide bonds. The number of hydrogen-bond donors (Lipinski definition) is 1. The maximum atomic E-state index is 5.92. The van der Waals surface area contributed by atoms with E-state index in [0.29, 0.717) is 17.2 Å². The van der Waals surface area contributed by atoms with Gasteiger partial charge in [-0.15, -0.1) is 0 Å². The zero-order chi connectivity index (χ0) is 19.0. The summed E-state index contributed by atoms with van der Waals surface area (Å²) in [6.45, 7) is 0. The molecule has 4 aromatic rings. The van der Waals surface area contributed by atoms with Crippen LogP contribution in [0.1, 0.15) is 0 Å². The first-order valence-electron chi connectivity index (χ1n) is 8.37. The van der Waals surface area contributed by atoms with Crippen LogP contribution >= 0.6 is 0 Å². The highest BCUT2D eigenvalue weighted by molar-refractivity contribution is 5.87. The summed E-state index contributed by atoms with van der Waals surface area (Å²) in [5, 5.41) is 4.27. The summed E-state index contributed by atoms with van der Waals surface area (Å²) in [7, 11) is 5.11. The van der Waals surface area contributed by atoms with Gasteiger partial charge in [-0.25, -0.2) is 9.97 Å². The van der Waals surface area contributed by atoms with Crippen molar-refractivity contribution in [3.63, 3.8) is 0 Å². The summed E-state index contributed by atoms with van der Waals surface area (Å²) in [6.07, 6.45) is 3.67. The van der Waals surface area contributed by atoms with E-state index in [4.69, 9.17) is 25.2 Å². The Morgan fingerprint density at radius 2 is 1.52 bits per heavy atom. The zero-order valence-corrected chi connectivity index (χ0v) is 15.3. The molecule has 0 aliphatic heterocycles. The van der Waals surface area contributed by atoms with E-state index in [9.17, 15) is 0 Å². The fourth-order valence-electron chi connectivity index (χ4n) is 2.96. The molecule has 7 heteroatoms. The first kappa shape index (κ1) is 16.8. The summed E-state index contributed by atoms with van der Waals surface area (Å²) in [5.41, 5.74) is 11.2. The highest BCUT2D eigenvalue weighted by Crippen LogP contribution is 2.35. The molecule has 2 aromatic heterocycles. The normalized spacial score (nSPS) is 10.9. The summed E-state index contributed by atoms with van der Waals surface area (Å²) in [4.78, 5) is 9.69. The van der Waals surface area contributed by atoms with Gasteiger partial charge < -0.3 is 15.2 Å². The number of aryl methyl sites for hydroxylation is 1. The molecule has 0 radical (unpaired) electrons. The van der Waals surface area contributed by atoms with Crippen molar-refractivity contribution >= 4 is 16.7 Å². The van der Waals surface area contributed by atoms with Crippen LogP contribution in [0.4, 0.5) is 5.69 Å². The first-order valence-corrected chi connectivity index (χ1v) is 8.37. The second kappa shape index (κ2) is 6.60. The van der Waals surface area contributed by atoms with Gasteiger partial charge in [0.2, 0.25) is 0 Å². The predicted molar refractivity (Wildman–Crippen MR) is 105 cm³/mol. The molecule has 0 unspecified atom stereocenters. The molecule has 0 spiro atoms. The van der Waals surface area contributed by atoms with Crippen molar-refractivity contribution in [1.82, 2.24) is 19.7 Å². The molecule has 0 saturated carbocycles. The van der Waals surface area contributed by atoms with Crippen LogP contribution in [0.15, 0.2) is 48.8 Å². The molecule has 2 aromatic carbocycles. The van der Waals surface area contributed by atoms with Gasteiger partial charge in [0.1, 0.15) is 17.2 Å². The van der Waals surface area contributed by atoms with E-state index in [1.165, 1.54) is 0 Å².